The molecule has 2 rings (SSSR count). The summed E-state index contributed by atoms with van der Waals surface area (Å²) in [6.45, 7) is 4.30. The average Bonchev–Trinajstić information content (AvgIpc) is 2.43. The van der Waals surface area contributed by atoms with Crippen LogP contribution in [0.25, 0.3) is 0 Å². The molecule has 0 saturated heterocycles. The third kappa shape index (κ3) is 3.39. The molecule has 1 heterocycles. The van der Waals surface area contributed by atoms with Crippen LogP contribution >= 0.6 is 23.2 Å². The maximum atomic E-state index is 6.07. The number of halogens is 2. The number of hydrogen-bond donors (Lipinski definition) is 1. The van der Waals surface area contributed by atoms with Crippen molar-refractivity contribution in [2.24, 2.45) is 5.73 Å². The van der Waals surface area contributed by atoms with Gasteiger partial charge in [-0.15, -0.1) is 0 Å². The Morgan fingerprint density at radius 2 is 2.00 bits per heavy atom. The highest BCUT2D eigenvalue weighted by Crippen LogP contribution is 2.32. The normalized spacial score (nSPS) is 10.9. The lowest BCUT2D eigenvalue weighted by Crippen LogP contribution is -2.07. The van der Waals surface area contributed by atoms with Crippen LogP contribution in [0, 0.1) is 0 Å². The molecule has 2 aromatic rings. The Bertz CT molecular complexity index is 617. The van der Waals surface area contributed by atoms with Crippen molar-refractivity contribution in [3.8, 4) is 11.5 Å². The second-order valence-electron chi connectivity index (χ2n) is 4.57. The number of hydrogen-bond acceptors (Lipinski definition) is 4. The van der Waals surface area contributed by atoms with Crippen molar-refractivity contribution in [1.29, 1.82) is 0 Å². The standard InChI is InChI=1S/C14H15Cl2N3O/c1-8(2)14-18-7-13(11(6-17)19-14)20-12-5-9(15)3-4-10(12)16/h3-5,7-8H,6,17H2,1-2H3. The highest BCUT2D eigenvalue weighted by atomic mass is 35.5. The molecule has 0 unspecified atom stereocenters. The summed E-state index contributed by atoms with van der Waals surface area (Å²) >= 11 is 12.0. The molecule has 0 amide bonds. The monoisotopic (exact) mass is 311 g/mol. The minimum atomic E-state index is 0.226. The molecule has 0 bridgehead atoms. The third-order valence-corrected chi connectivity index (χ3v) is 3.22. The Balaban J connectivity index is 2.35. The lowest BCUT2D eigenvalue weighted by atomic mass is 10.2. The van der Waals surface area contributed by atoms with Crippen LogP contribution < -0.4 is 10.5 Å². The number of rotatable bonds is 4. The molecule has 106 valence electrons. The Labute approximate surface area is 127 Å². The zero-order valence-corrected chi connectivity index (χ0v) is 12.7. The second-order valence-corrected chi connectivity index (χ2v) is 5.42. The maximum Gasteiger partial charge on any atom is 0.168 e. The second kappa shape index (κ2) is 6.39. The molecule has 1 aromatic heterocycles. The first-order valence-corrected chi connectivity index (χ1v) is 6.95. The molecule has 0 aliphatic heterocycles. The molecule has 0 fully saturated rings. The van der Waals surface area contributed by atoms with Gasteiger partial charge in [-0.3, -0.25) is 0 Å². The molecule has 0 radical (unpaired) electrons. The minimum Gasteiger partial charge on any atom is -0.452 e. The summed E-state index contributed by atoms with van der Waals surface area (Å²) in [5, 5.41) is 1.00. The van der Waals surface area contributed by atoms with Crippen LogP contribution in [-0.4, -0.2) is 9.97 Å². The highest BCUT2D eigenvalue weighted by molar-refractivity contribution is 6.34. The fourth-order valence-electron chi connectivity index (χ4n) is 1.61. The van der Waals surface area contributed by atoms with Crippen molar-refractivity contribution in [3.63, 3.8) is 0 Å². The van der Waals surface area contributed by atoms with Gasteiger partial charge in [0.1, 0.15) is 17.3 Å². The van der Waals surface area contributed by atoms with E-state index >= 15 is 0 Å². The van der Waals surface area contributed by atoms with Crippen molar-refractivity contribution in [1.82, 2.24) is 9.97 Å². The van der Waals surface area contributed by atoms with Crippen molar-refractivity contribution in [3.05, 3.63) is 46.0 Å². The Hall–Kier alpha value is -1.36. The van der Waals surface area contributed by atoms with Crippen LogP contribution in [0.4, 0.5) is 0 Å². The van der Waals surface area contributed by atoms with Gasteiger partial charge in [0, 0.05) is 23.6 Å². The summed E-state index contributed by atoms with van der Waals surface area (Å²) in [6, 6.07) is 5.00. The minimum absolute atomic E-state index is 0.226. The lowest BCUT2D eigenvalue weighted by molar-refractivity contribution is 0.467. The first-order valence-electron chi connectivity index (χ1n) is 6.20. The van der Waals surface area contributed by atoms with E-state index in [4.69, 9.17) is 33.7 Å². The number of aromatic nitrogens is 2. The molecule has 0 saturated carbocycles. The van der Waals surface area contributed by atoms with Crippen molar-refractivity contribution in [2.45, 2.75) is 26.3 Å². The van der Waals surface area contributed by atoms with Crippen LogP contribution in [0.3, 0.4) is 0 Å². The van der Waals surface area contributed by atoms with Gasteiger partial charge in [0.15, 0.2) is 5.75 Å². The van der Waals surface area contributed by atoms with Crippen LogP contribution in [0.1, 0.15) is 31.3 Å². The summed E-state index contributed by atoms with van der Waals surface area (Å²) in [4.78, 5) is 8.67. The average molecular weight is 312 g/mol. The third-order valence-electron chi connectivity index (χ3n) is 2.67. The predicted molar refractivity (Wildman–Crippen MR) is 80.5 cm³/mol. The number of ether oxygens (including phenoxy) is 1. The molecule has 0 spiro atoms. The van der Waals surface area contributed by atoms with E-state index in [1.54, 1.807) is 24.4 Å². The van der Waals surface area contributed by atoms with Gasteiger partial charge in [-0.05, 0) is 12.1 Å². The van der Waals surface area contributed by atoms with Gasteiger partial charge in [-0.2, -0.15) is 0 Å². The van der Waals surface area contributed by atoms with E-state index in [1.807, 2.05) is 13.8 Å². The van der Waals surface area contributed by atoms with Crippen molar-refractivity contribution in [2.75, 3.05) is 0 Å². The summed E-state index contributed by atoms with van der Waals surface area (Å²) in [7, 11) is 0. The molecule has 4 nitrogen and oxygen atoms in total. The SMILES string of the molecule is CC(C)c1ncc(Oc2cc(Cl)ccc2Cl)c(CN)n1. The molecule has 0 aliphatic carbocycles. The topological polar surface area (TPSA) is 61.0 Å². The van der Waals surface area contributed by atoms with E-state index in [9.17, 15) is 0 Å². The smallest absolute Gasteiger partial charge is 0.168 e. The Morgan fingerprint density at radius 1 is 1.25 bits per heavy atom. The predicted octanol–water partition coefficient (Wildman–Crippen LogP) is 4.16. The zero-order valence-electron chi connectivity index (χ0n) is 11.2. The lowest BCUT2D eigenvalue weighted by Gasteiger charge is -2.12. The summed E-state index contributed by atoms with van der Waals surface area (Å²) in [5.41, 5.74) is 6.35. The quantitative estimate of drug-likeness (QED) is 0.921. The highest BCUT2D eigenvalue weighted by Gasteiger charge is 2.12. The molecule has 0 atom stereocenters. The van der Waals surface area contributed by atoms with Gasteiger partial charge < -0.3 is 10.5 Å². The number of nitrogens with zero attached hydrogens (tertiary/aromatic N) is 2. The van der Waals surface area contributed by atoms with Gasteiger partial charge in [-0.25, -0.2) is 9.97 Å². The largest absolute Gasteiger partial charge is 0.452 e. The molecule has 6 heteroatoms. The molecule has 1 aromatic carbocycles. The van der Waals surface area contributed by atoms with E-state index in [2.05, 4.69) is 9.97 Å². The summed E-state index contributed by atoms with van der Waals surface area (Å²) in [5.74, 6) is 1.90. The van der Waals surface area contributed by atoms with Gasteiger partial charge in [0.05, 0.1) is 11.2 Å². The van der Waals surface area contributed by atoms with Crippen LogP contribution in [-0.2, 0) is 6.54 Å². The first kappa shape index (κ1) is 15.0. The molecular weight excluding hydrogens is 297 g/mol. The Kier molecular flexibility index (Phi) is 4.81. The molecule has 2 N–H and O–H groups in total. The van der Waals surface area contributed by atoms with E-state index in [0.717, 1.165) is 5.82 Å². The van der Waals surface area contributed by atoms with Crippen molar-refractivity contribution >= 4 is 23.2 Å². The van der Waals surface area contributed by atoms with Gasteiger partial charge in [-0.1, -0.05) is 37.0 Å². The fraction of sp³-hybridized carbons (Fsp3) is 0.286. The van der Waals surface area contributed by atoms with E-state index < -0.39 is 0 Å². The van der Waals surface area contributed by atoms with E-state index in [-0.39, 0.29) is 12.5 Å². The number of benzene rings is 1. The van der Waals surface area contributed by atoms with Gasteiger partial charge in [0.2, 0.25) is 0 Å². The fourth-order valence-corrected chi connectivity index (χ4v) is 1.92. The van der Waals surface area contributed by atoms with E-state index in [0.29, 0.717) is 27.2 Å². The molecular formula is C14H15Cl2N3O. The van der Waals surface area contributed by atoms with Gasteiger partial charge >= 0.3 is 0 Å². The number of nitrogens with two attached hydrogens (primary N) is 1. The summed E-state index contributed by atoms with van der Waals surface area (Å²) < 4.78 is 5.73. The Morgan fingerprint density at radius 3 is 2.65 bits per heavy atom. The summed E-state index contributed by atoms with van der Waals surface area (Å²) in [6.07, 6.45) is 1.61. The van der Waals surface area contributed by atoms with Crippen LogP contribution in [0.5, 0.6) is 11.5 Å². The zero-order chi connectivity index (χ0) is 14.7. The first-order chi connectivity index (χ1) is 9.51. The van der Waals surface area contributed by atoms with Gasteiger partial charge in [0.25, 0.3) is 0 Å². The van der Waals surface area contributed by atoms with Crippen molar-refractivity contribution < 1.29 is 4.74 Å². The molecule has 20 heavy (non-hydrogen) atoms. The maximum absolute atomic E-state index is 6.07. The van der Waals surface area contributed by atoms with Crippen LogP contribution in [0.2, 0.25) is 10.0 Å². The van der Waals surface area contributed by atoms with Crippen LogP contribution in [0.15, 0.2) is 24.4 Å². The molecule has 0 aliphatic rings. The van der Waals surface area contributed by atoms with E-state index in [1.165, 1.54) is 0 Å².